The third kappa shape index (κ3) is 4.57. The second-order valence-corrected chi connectivity index (χ2v) is 8.56. The number of carbonyl (C=O) groups is 2. The molecule has 2 amide bonds. The van der Waals surface area contributed by atoms with Crippen LogP contribution in [0.2, 0.25) is 0 Å². The lowest BCUT2D eigenvalue weighted by Crippen LogP contribution is -2.41. The number of aromatic nitrogens is 3. The number of allylic oxidation sites excluding steroid dienone is 1. The molecule has 5 rings (SSSR count). The van der Waals surface area contributed by atoms with Crippen LogP contribution in [-0.2, 0) is 9.59 Å². The van der Waals surface area contributed by atoms with Crippen LogP contribution in [0.15, 0.2) is 85.2 Å². The van der Waals surface area contributed by atoms with Gasteiger partial charge in [-0.15, -0.1) is 0 Å². The molecule has 9 nitrogen and oxygen atoms in total. The third-order valence-corrected chi connectivity index (χ3v) is 6.14. The minimum Gasteiger partial charge on any atom is -0.457 e. The fraction of sp³-hybridized carbons (Fsp3) is 0.111. The number of fused-ring (bicyclic) bond motifs is 1. The number of amides is 2. The van der Waals surface area contributed by atoms with Crippen molar-refractivity contribution in [2.75, 3.05) is 5.73 Å². The summed E-state index contributed by atoms with van der Waals surface area (Å²) >= 11 is 0. The van der Waals surface area contributed by atoms with Crippen LogP contribution in [0.5, 0.6) is 11.5 Å². The normalized spacial score (nSPS) is 14.6. The fourth-order valence-electron chi connectivity index (χ4n) is 4.26. The van der Waals surface area contributed by atoms with Gasteiger partial charge in [-0.2, -0.15) is 0 Å². The van der Waals surface area contributed by atoms with Crippen molar-refractivity contribution >= 4 is 23.1 Å². The number of nitrogen functional groups attached to an aromatic ring is 1. The number of nitrogens with zero attached hydrogens (tertiary/aromatic N) is 4. The molecule has 186 valence electrons. The SMILES string of the molecule is C=CC(=O)N(N)C(=O)C=C1CC(c2nc(-c3ccc(Oc4ccccc4)cc3F)c3c(N)nccn23)C1. The van der Waals surface area contributed by atoms with E-state index < -0.39 is 17.6 Å². The number of halogens is 1. The van der Waals surface area contributed by atoms with Gasteiger partial charge in [0.2, 0.25) is 0 Å². The number of hydrogen-bond donors (Lipinski definition) is 2. The second kappa shape index (κ2) is 9.67. The van der Waals surface area contributed by atoms with Crippen molar-refractivity contribution in [3.8, 4) is 22.8 Å². The van der Waals surface area contributed by atoms with Gasteiger partial charge in [-0.25, -0.2) is 25.2 Å². The first kappa shape index (κ1) is 23.9. The van der Waals surface area contributed by atoms with Crippen molar-refractivity contribution < 1.29 is 18.7 Å². The topological polar surface area (TPSA) is 129 Å². The zero-order chi connectivity index (χ0) is 26.1. The van der Waals surface area contributed by atoms with E-state index in [-0.39, 0.29) is 17.3 Å². The first-order chi connectivity index (χ1) is 17.9. The molecular formula is C27H23FN6O3. The molecule has 0 spiro atoms. The molecule has 0 radical (unpaired) electrons. The zero-order valence-corrected chi connectivity index (χ0v) is 19.7. The minimum atomic E-state index is -0.688. The molecule has 1 fully saturated rings. The van der Waals surface area contributed by atoms with Crippen LogP contribution in [0.25, 0.3) is 16.8 Å². The van der Waals surface area contributed by atoms with Crippen molar-refractivity contribution in [2.45, 2.75) is 18.8 Å². The summed E-state index contributed by atoms with van der Waals surface area (Å²) in [5.74, 6) is 5.46. The molecule has 0 saturated heterocycles. The molecule has 2 aromatic carbocycles. The van der Waals surface area contributed by atoms with Crippen LogP contribution in [0.3, 0.4) is 0 Å². The highest BCUT2D eigenvalue weighted by molar-refractivity contribution is 6.04. The van der Waals surface area contributed by atoms with Gasteiger partial charge >= 0.3 is 0 Å². The van der Waals surface area contributed by atoms with E-state index in [0.717, 1.165) is 11.6 Å². The molecule has 4 aromatic rings. The number of nitrogens with two attached hydrogens (primary N) is 2. The molecular weight excluding hydrogens is 475 g/mol. The third-order valence-electron chi connectivity index (χ3n) is 6.14. The van der Waals surface area contributed by atoms with Crippen molar-refractivity contribution in [1.29, 1.82) is 0 Å². The van der Waals surface area contributed by atoms with Crippen LogP contribution < -0.4 is 16.3 Å². The summed E-state index contributed by atoms with van der Waals surface area (Å²) in [7, 11) is 0. The lowest BCUT2D eigenvalue weighted by molar-refractivity contribution is -0.139. The Morgan fingerprint density at radius 3 is 2.59 bits per heavy atom. The molecule has 4 N–H and O–H groups in total. The Balaban J connectivity index is 1.44. The number of hydrazine groups is 1. The van der Waals surface area contributed by atoms with Gasteiger partial charge in [-0.1, -0.05) is 30.4 Å². The molecule has 1 saturated carbocycles. The Kier molecular flexibility index (Phi) is 6.24. The van der Waals surface area contributed by atoms with E-state index in [1.807, 2.05) is 18.2 Å². The van der Waals surface area contributed by atoms with Gasteiger partial charge in [-0.05, 0) is 43.2 Å². The van der Waals surface area contributed by atoms with E-state index in [1.54, 1.807) is 41.1 Å². The van der Waals surface area contributed by atoms with Crippen molar-refractivity contribution in [2.24, 2.45) is 5.84 Å². The Labute approximate surface area is 211 Å². The Morgan fingerprint density at radius 2 is 1.89 bits per heavy atom. The summed E-state index contributed by atoms with van der Waals surface area (Å²) in [5.41, 5.74) is 8.11. The van der Waals surface area contributed by atoms with Crippen molar-refractivity contribution in [1.82, 2.24) is 19.4 Å². The number of imidazole rings is 1. The summed E-state index contributed by atoms with van der Waals surface area (Å²) < 4.78 is 22.8. The number of carbonyl (C=O) groups excluding carboxylic acids is 2. The highest BCUT2D eigenvalue weighted by atomic mass is 19.1. The lowest BCUT2D eigenvalue weighted by Gasteiger charge is -2.28. The molecule has 37 heavy (non-hydrogen) atoms. The maximum absolute atomic E-state index is 15.3. The molecule has 1 aliphatic carbocycles. The average Bonchev–Trinajstić information content (AvgIpc) is 3.25. The van der Waals surface area contributed by atoms with E-state index in [0.29, 0.717) is 46.4 Å². The van der Waals surface area contributed by atoms with E-state index >= 15 is 4.39 Å². The van der Waals surface area contributed by atoms with Gasteiger partial charge < -0.3 is 10.5 Å². The van der Waals surface area contributed by atoms with E-state index in [9.17, 15) is 9.59 Å². The Hall–Kier alpha value is -4.83. The predicted molar refractivity (Wildman–Crippen MR) is 136 cm³/mol. The maximum Gasteiger partial charge on any atom is 0.267 e. The number of hydrogen-bond acceptors (Lipinski definition) is 7. The first-order valence-electron chi connectivity index (χ1n) is 11.5. The molecule has 2 heterocycles. The number of rotatable bonds is 6. The minimum absolute atomic E-state index is 0.0489. The summed E-state index contributed by atoms with van der Waals surface area (Å²) in [6.45, 7) is 3.32. The quantitative estimate of drug-likeness (QED) is 0.177. The van der Waals surface area contributed by atoms with Crippen LogP contribution in [-0.4, -0.2) is 31.2 Å². The summed E-state index contributed by atoms with van der Waals surface area (Å²) in [5, 5.41) is 0.511. The molecule has 0 atom stereocenters. The smallest absolute Gasteiger partial charge is 0.267 e. The number of imide groups is 1. The van der Waals surface area contributed by atoms with Crippen LogP contribution in [0.1, 0.15) is 24.6 Å². The van der Waals surface area contributed by atoms with Gasteiger partial charge in [0.05, 0.1) is 0 Å². The van der Waals surface area contributed by atoms with Crippen molar-refractivity contribution in [3.05, 3.63) is 96.9 Å². The molecule has 0 unspecified atom stereocenters. The second-order valence-electron chi connectivity index (χ2n) is 8.56. The largest absolute Gasteiger partial charge is 0.457 e. The number of para-hydroxylation sites is 1. The number of benzene rings is 2. The van der Waals surface area contributed by atoms with Crippen molar-refractivity contribution in [3.63, 3.8) is 0 Å². The standard InChI is InChI=1S/C27H23FN6O3/c1-2-22(35)34(30)23(36)14-16-12-17(13-16)27-32-24(25-26(29)31-10-11-33(25)27)20-9-8-19(15-21(20)28)37-18-6-4-3-5-7-18/h2-11,14-15,17H,1,12-13,30H2,(H2,29,31). The lowest BCUT2D eigenvalue weighted by atomic mass is 9.79. The number of anilines is 1. The van der Waals surface area contributed by atoms with Crippen LogP contribution in [0, 0.1) is 5.82 Å². The van der Waals surface area contributed by atoms with Gasteiger partial charge in [-0.3, -0.25) is 14.0 Å². The summed E-state index contributed by atoms with van der Waals surface area (Å²) in [4.78, 5) is 32.6. The summed E-state index contributed by atoms with van der Waals surface area (Å²) in [6.07, 6.45) is 6.63. The average molecular weight is 499 g/mol. The van der Waals surface area contributed by atoms with E-state index in [4.69, 9.17) is 21.3 Å². The van der Waals surface area contributed by atoms with E-state index in [1.165, 1.54) is 12.1 Å². The highest BCUT2D eigenvalue weighted by Crippen LogP contribution is 2.43. The molecule has 10 heteroatoms. The van der Waals surface area contributed by atoms with E-state index in [2.05, 4.69) is 11.6 Å². The maximum atomic E-state index is 15.3. The number of ether oxygens (including phenoxy) is 1. The molecule has 1 aliphatic rings. The Morgan fingerprint density at radius 1 is 1.14 bits per heavy atom. The monoisotopic (exact) mass is 498 g/mol. The Bertz CT molecular complexity index is 1560. The first-order valence-corrected chi connectivity index (χ1v) is 11.5. The molecule has 0 aliphatic heterocycles. The molecule has 0 bridgehead atoms. The molecule has 2 aromatic heterocycles. The van der Waals surface area contributed by atoms with Gasteiger partial charge in [0.15, 0.2) is 0 Å². The predicted octanol–water partition coefficient (Wildman–Crippen LogP) is 4.13. The van der Waals surface area contributed by atoms with Crippen LogP contribution in [0.4, 0.5) is 10.2 Å². The summed E-state index contributed by atoms with van der Waals surface area (Å²) in [6, 6.07) is 13.7. The van der Waals surface area contributed by atoms with Gasteiger partial charge in [0, 0.05) is 36.0 Å². The zero-order valence-electron chi connectivity index (χ0n) is 19.7. The highest BCUT2D eigenvalue weighted by Gasteiger charge is 2.32. The van der Waals surface area contributed by atoms with Gasteiger partial charge in [0.1, 0.15) is 40.2 Å². The van der Waals surface area contributed by atoms with Gasteiger partial charge in [0.25, 0.3) is 11.8 Å². The fourth-order valence-corrected chi connectivity index (χ4v) is 4.26. The van der Waals surface area contributed by atoms with Crippen LogP contribution >= 0.6 is 0 Å².